The van der Waals surface area contributed by atoms with Gasteiger partial charge in [-0.15, -0.1) is 0 Å². The highest BCUT2D eigenvalue weighted by molar-refractivity contribution is 5.29. The summed E-state index contributed by atoms with van der Waals surface area (Å²) in [6.45, 7) is 0.844. The fraction of sp³-hybridized carbons (Fsp3) is 0.500. The van der Waals surface area contributed by atoms with Gasteiger partial charge < -0.3 is 5.11 Å². The molecule has 1 aliphatic heterocycles. The smallest absolute Gasteiger partial charge is 0.392 e. The summed E-state index contributed by atoms with van der Waals surface area (Å²) in [6, 6.07) is 6.93. The number of aliphatic hydroxyl groups is 1. The molecule has 2 rings (SSSR count). The van der Waals surface area contributed by atoms with Crippen LogP contribution in [0.25, 0.3) is 0 Å². The van der Waals surface area contributed by atoms with Gasteiger partial charge in [-0.25, -0.2) is 0 Å². The number of aliphatic hydroxyl groups excluding tert-OH is 1. The summed E-state index contributed by atoms with van der Waals surface area (Å²) in [6.07, 6.45) is -4.24. The standard InChI is InChI=1S/C14H15F3N2O/c15-14(16,17)11-4-1-3-10(7-11)13-8-12(20)9-19(13)6-2-5-18/h1,3-4,7,12-13,20H,2,6,8-9H2/t12-,13-/m1/s1. The largest absolute Gasteiger partial charge is 0.416 e. The lowest BCUT2D eigenvalue weighted by atomic mass is 10.0. The second kappa shape index (κ2) is 5.81. The molecule has 2 atom stereocenters. The van der Waals surface area contributed by atoms with Crippen molar-refractivity contribution >= 4 is 0 Å². The van der Waals surface area contributed by atoms with E-state index < -0.39 is 17.8 Å². The van der Waals surface area contributed by atoms with E-state index in [1.54, 1.807) is 6.07 Å². The zero-order chi connectivity index (χ0) is 14.8. The molecular weight excluding hydrogens is 269 g/mol. The summed E-state index contributed by atoms with van der Waals surface area (Å²) < 4.78 is 38.2. The Morgan fingerprint density at radius 2 is 2.15 bits per heavy atom. The van der Waals surface area contributed by atoms with Gasteiger partial charge in [-0.3, -0.25) is 4.90 Å². The van der Waals surface area contributed by atoms with Gasteiger partial charge in [-0.2, -0.15) is 18.4 Å². The van der Waals surface area contributed by atoms with Gasteiger partial charge in [0.25, 0.3) is 0 Å². The number of alkyl halides is 3. The van der Waals surface area contributed by atoms with Crippen LogP contribution in [0.1, 0.15) is 30.0 Å². The summed E-state index contributed by atoms with van der Waals surface area (Å²) in [7, 11) is 0. The fourth-order valence-corrected chi connectivity index (χ4v) is 2.59. The van der Waals surface area contributed by atoms with Crippen LogP contribution in [0.5, 0.6) is 0 Å². The number of likely N-dealkylation sites (tertiary alicyclic amines) is 1. The van der Waals surface area contributed by atoms with Crippen molar-refractivity contribution in [1.82, 2.24) is 4.90 Å². The summed E-state index contributed by atoms with van der Waals surface area (Å²) >= 11 is 0. The monoisotopic (exact) mass is 284 g/mol. The van der Waals surface area contributed by atoms with Crippen LogP contribution in [0.15, 0.2) is 24.3 Å². The summed E-state index contributed by atoms with van der Waals surface area (Å²) in [5, 5.41) is 18.3. The molecule has 0 aliphatic carbocycles. The van der Waals surface area contributed by atoms with Crippen molar-refractivity contribution < 1.29 is 18.3 Å². The van der Waals surface area contributed by atoms with Crippen molar-refractivity contribution in [3.63, 3.8) is 0 Å². The second-order valence-electron chi connectivity index (χ2n) is 4.93. The van der Waals surface area contributed by atoms with Crippen LogP contribution in [0.3, 0.4) is 0 Å². The van der Waals surface area contributed by atoms with Crippen LogP contribution >= 0.6 is 0 Å². The lowest BCUT2D eigenvalue weighted by Gasteiger charge is -2.24. The lowest BCUT2D eigenvalue weighted by Crippen LogP contribution is -2.25. The molecule has 3 nitrogen and oxygen atoms in total. The molecule has 1 fully saturated rings. The van der Waals surface area contributed by atoms with Gasteiger partial charge in [-0.05, 0) is 24.1 Å². The van der Waals surface area contributed by atoms with Gasteiger partial charge in [0.15, 0.2) is 0 Å². The second-order valence-corrected chi connectivity index (χ2v) is 4.93. The van der Waals surface area contributed by atoms with E-state index in [0.29, 0.717) is 31.5 Å². The average Bonchev–Trinajstić information content (AvgIpc) is 2.77. The minimum Gasteiger partial charge on any atom is -0.392 e. The van der Waals surface area contributed by atoms with Gasteiger partial charge in [0.05, 0.1) is 17.7 Å². The van der Waals surface area contributed by atoms with Gasteiger partial charge in [0, 0.05) is 25.6 Å². The van der Waals surface area contributed by atoms with Crippen LogP contribution in [0.4, 0.5) is 13.2 Å². The number of hydrogen-bond acceptors (Lipinski definition) is 3. The molecule has 1 heterocycles. The lowest BCUT2D eigenvalue weighted by molar-refractivity contribution is -0.137. The number of nitrogens with zero attached hydrogens (tertiary/aromatic N) is 2. The number of β-amino-alcohol motifs (C(OH)–C–C–N with tert-alkyl or cyclic N) is 1. The molecule has 0 radical (unpaired) electrons. The highest BCUT2D eigenvalue weighted by Gasteiger charge is 2.34. The van der Waals surface area contributed by atoms with Crippen molar-refractivity contribution in [1.29, 1.82) is 5.26 Å². The molecule has 0 aromatic heterocycles. The van der Waals surface area contributed by atoms with Crippen molar-refractivity contribution in [2.45, 2.75) is 31.2 Å². The molecule has 1 aliphatic rings. The Balaban J connectivity index is 2.23. The van der Waals surface area contributed by atoms with E-state index in [4.69, 9.17) is 5.26 Å². The molecule has 0 amide bonds. The summed E-state index contributed by atoms with van der Waals surface area (Å²) in [5.74, 6) is 0. The van der Waals surface area contributed by atoms with E-state index >= 15 is 0 Å². The highest BCUT2D eigenvalue weighted by Crippen LogP contribution is 2.36. The minimum atomic E-state index is -4.37. The highest BCUT2D eigenvalue weighted by atomic mass is 19.4. The first kappa shape index (κ1) is 14.8. The summed E-state index contributed by atoms with van der Waals surface area (Å²) in [5.41, 5.74) is -0.147. The normalized spacial score (nSPS) is 23.8. The predicted molar refractivity (Wildman–Crippen MR) is 66.6 cm³/mol. The molecule has 1 saturated heterocycles. The van der Waals surface area contributed by atoms with Crippen LogP contribution in [-0.4, -0.2) is 29.2 Å². The third kappa shape index (κ3) is 3.30. The van der Waals surface area contributed by atoms with E-state index in [2.05, 4.69) is 0 Å². The first-order valence-electron chi connectivity index (χ1n) is 6.38. The van der Waals surface area contributed by atoms with Gasteiger partial charge in [-0.1, -0.05) is 12.1 Å². The first-order chi connectivity index (χ1) is 9.41. The van der Waals surface area contributed by atoms with Crippen molar-refractivity contribution in [2.75, 3.05) is 13.1 Å². The Morgan fingerprint density at radius 1 is 1.40 bits per heavy atom. The zero-order valence-corrected chi connectivity index (χ0v) is 10.8. The Kier molecular flexibility index (Phi) is 4.31. The first-order valence-corrected chi connectivity index (χ1v) is 6.38. The van der Waals surface area contributed by atoms with E-state index in [-0.39, 0.29) is 6.04 Å². The molecular formula is C14H15F3N2O. The quantitative estimate of drug-likeness (QED) is 0.928. The van der Waals surface area contributed by atoms with Crippen molar-refractivity contribution in [3.8, 4) is 6.07 Å². The number of halogens is 3. The number of nitriles is 1. The molecule has 1 aromatic rings. The maximum atomic E-state index is 12.7. The molecule has 6 heteroatoms. The fourth-order valence-electron chi connectivity index (χ4n) is 2.59. The Hall–Kier alpha value is -1.58. The minimum absolute atomic E-state index is 0.263. The molecule has 20 heavy (non-hydrogen) atoms. The van der Waals surface area contributed by atoms with E-state index in [1.807, 2.05) is 11.0 Å². The zero-order valence-electron chi connectivity index (χ0n) is 10.8. The maximum Gasteiger partial charge on any atom is 0.416 e. The van der Waals surface area contributed by atoms with Gasteiger partial charge >= 0.3 is 6.18 Å². The summed E-state index contributed by atoms with van der Waals surface area (Å²) in [4.78, 5) is 1.86. The van der Waals surface area contributed by atoms with Gasteiger partial charge in [0.2, 0.25) is 0 Å². The van der Waals surface area contributed by atoms with Crippen LogP contribution in [0, 0.1) is 11.3 Å². The molecule has 108 valence electrons. The van der Waals surface area contributed by atoms with Crippen LogP contribution in [0.2, 0.25) is 0 Å². The van der Waals surface area contributed by atoms with Crippen molar-refractivity contribution in [2.24, 2.45) is 0 Å². The Bertz CT molecular complexity index is 510. The molecule has 1 aromatic carbocycles. The molecule has 0 saturated carbocycles. The van der Waals surface area contributed by atoms with E-state index in [0.717, 1.165) is 12.1 Å². The maximum absolute atomic E-state index is 12.7. The van der Waals surface area contributed by atoms with Crippen molar-refractivity contribution in [3.05, 3.63) is 35.4 Å². The Labute approximate surface area is 115 Å². The van der Waals surface area contributed by atoms with E-state index in [9.17, 15) is 18.3 Å². The van der Waals surface area contributed by atoms with Crippen LogP contribution in [-0.2, 0) is 6.18 Å². The topological polar surface area (TPSA) is 47.3 Å². The van der Waals surface area contributed by atoms with Gasteiger partial charge in [0.1, 0.15) is 0 Å². The van der Waals surface area contributed by atoms with E-state index in [1.165, 1.54) is 6.07 Å². The predicted octanol–water partition coefficient (Wildman–Crippen LogP) is 2.73. The number of rotatable bonds is 3. The SMILES string of the molecule is N#CCCN1C[C@H](O)C[C@@H]1c1cccc(C(F)(F)F)c1. The average molecular weight is 284 g/mol. The third-order valence-electron chi connectivity index (χ3n) is 3.49. The Morgan fingerprint density at radius 3 is 2.80 bits per heavy atom. The molecule has 0 bridgehead atoms. The van der Waals surface area contributed by atoms with Crippen LogP contribution < -0.4 is 0 Å². The third-order valence-corrected chi connectivity index (χ3v) is 3.49. The molecule has 0 spiro atoms. The number of benzene rings is 1. The molecule has 1 N–H and O–H groups in total. The molecule has 0 unspecified atom stereocenters. The number of hydrogen-bond donors (Lipinski definition) is 1.